The van der Waals surface area contributed by atoms with E-state index in [2.05, 4.69) is 4.98 Å². The van der Waals surface area contributed by atoms with Gasteiger partial charge in [-0.25, -0.2) is 8.96 Å². The Balaban J connectivity index is 2.17. The first-order valence-corrected chi connectivity index (χ1v) is 7.87. The third-order valence-electron chi connectivity index (χ3n) is 3.59. The van der Waals surface area contributed by atoms with Gasteiger partial charge in [0.15, 0.2) is 0 Å². The lowest BCUT2D eigenvalue weighted by Gasteiger charge is -2.22. The zero-order valence-electron chi connectivity index (χ0n) is 11.0. The van der Waals surface area contributed by atoms with Crippen molar-refractivity contribution >= 4 is 10.2 Å². The minimum absolute atomic E-state index is 0.581. The highest BCUT2D eigenvalue weighted by atomic mass is 32.2. The maximum atomic E-state index is 12.1. The second kappa shape index (κ2) is 5.40. The lowest BCUT2D eigenvalue weighted by molar-refractivity contribution is 0.350. The molecule has 0 radical (unpaired) electrons. The van der Waals surface area contributed by atoms with Crippen molar-refractivity contribution in [1.29, 1.82) is 0 Å². The number of hydrogen-bond donors (Lipinski definition) is 0. The highest BCUT2D eigenvalue weighted by molar-refractivity contribution is 7.87. The first kappa shape index (κ1) is 13.5. The molecule has 0 atom stereocenters. The van der Waals surface area contributed by atoms with E-state index in [1.54, 1.807) is 20.3 Å². The van der Waals surface area contributed by atoms with E-state index in [0.29, 0.717) is 11.7 Å². The molecule has 0 aromatic carbocycles. The maximum absolute atomic E-state index is 12.1. The van der Waals surface area contributed by atoms with Gasteiger partial charge >= 0.3 is 10.2 Å². The van der Waals surface area contributed by atoms with Gasteiger partial charge in [0, 0.05) is 32.9 Å². The van der Waals surface area contributed by atoms with Gasteiger partial charge in [0.05, 0.1) is 0 Å². The van der Waals surface area contributed by atoms with E-state index < -0.39 is 10.2 Å². The Labute approximate surface area is 109 Å². The summed E-state index contributed by atoms with van der Waals surface area (Å²) in [6.45, 7) is 0. The van der Waals surface area contributed by atoms with E-state index in [1.165, 1.54) is 46.6 Å². The summed E-state index contributed by atoms with van der Waals surface area (Å²) < 4.78 is 26.7. The fraction of sp³-hybridized carbons (Fsp3) is 0.750. The van der Waals surface area contributed by atoms with Crippen molar-refractivity contribution < 1.29 is 8.42 Å². The molecule has 1 heterocycles. The quantitative estimate of drug-likeness (QED) is 0.837. The van der Waals surface area contributed by atoms with Crippen LogP contribution in [-0.2, 0) is 16.6 Å². The molecule has 5 nitrogen and oxygen atoms in total. The van der Waals surface area contributed by atoms with Crippen LogP contribution in [-0.4, -0.2) is 35.8 Å². The van der Waals surface area contributed by atoms with Gasteiger partial charge < -0.3 is 0 Å². The van der Waals surface area contributed by atoms with Crippen LogP contribution >= 0.6 is 0 Å². The molecule has 1 aromatic heterocycles. The van der Waals surface area contributed by atoms with Crippen LogP contribution in [0.25, 0.3) is 0 Å². The Kier molecular flexibility index (Phi) is 4.07. The van der Waals surface area contributed by atoms with Crippen molar-refractivity contribution in [3.8, 4) is 0 Å². The number of rotatable bonds is 4. The molecule has 0 spiro atoms. The van der Waals surface area contributed by atoms with Crippen LogP contribution in [0.5, 0.6) is 0 Å². The smallest absolute Gasteiger partial charge is 0.241 e. The van der Waals surface area contributed by atoms with Crippen LogP contribution in [0, 0.1) is 5.92 Å². The predicted octanol–water partition coefficient (Wildman–Crippen LogP) is 1.66. The van der Waals surface area contributed by atoms with E-state index in [4.69, 9.17) is 0 Å². The third-order valence-corrected chi connectivity index (χ3v) is 5.34. The molecular formula is C12H21N3O2S. The molecule has 18 heavy (non-hydrogen) atoms. The standard InChI is InChI=1S/C12H21N3O2S/c1-14(2)18(16,17)15-9-8-13-12(15)10-11-6-4-3-5-7-11/h8-9,11H,3-7,10H2,1-2H3. The Morgan fingerprint density at radius 3 is 2.61 bits per heavy atom. The molecule has 0 amide bonds. The van der Waals surface area contributed by atoms with E-state index in [-0.39, 0.29) is 0 Å². The van der Waals surface area contributed by atoms with E-state index in [0.717, 1.165) is 6.42 Å². The average Bonchev–Trinajstić information content (AvgIpc) is 2.79. The molecule has 0 aliphatic heterocycles. The van der Waals surface area contributed by atoms with Gasteiger partial charge in [-0.1, -0.05) is 32.1 Å². The van der Waals surface area contributed by atoms with Crippen molar-refractivity contribution in [2.24, 2.45) is 5.92 Å². The zero-order chi connectivity index (χ0) is 13.2. The largest absolute Gasteiger partial charge is 0.308 e. The van der Waals surface area contributed by atoms with Crippen LogP contribution in [0.1, 0.15) is 37.9 Å². The summed E-state index contributed by atoms with van der Waals surface area (Å²) in [5.74, 6) is 1.24. The molecule has 0 bridgehead atoms. The molecule has 0 saturated heterocycles. The van der Waals surface area contributed by atoms with Crippen LogP contribution < -0.4 is 0 Å². The summed E-state index contributed by atoms with van der Waals surface area (Å²) in [4.78, 5) is 4.22. The second-order valence-electron chi connectivity index (χ2n) is 5.14. The first-order chi connectivity index (χ1) is 8.51. The molecule has 1 saturated carbocycles. The Hall–Kier alpha value is -0.880. The fourth-order valence-corrected chi connectivity index (χ4v) is 3.45. The highest BCUT2D eigenvalue weighted by Gasteiger charge is 2.22. The highest BCUT2D eigenvalue weighted by Crippen LogP contribution is 2.26. The molecule has 1 aromatic rings. The van der Waals surface area contributed by atoms with Gasteiger partial charge in [0.1, 0.15) is 5.82 Å². The summed E-state index contributed by atoms with van der Waals surface area (Å²) in [5, 5.41) is 0. The van der Waals surface area contributed by atoms with Crippen molar-refractivity contribution in [3.05, 3.63) is 18.2 Å². The topological polar surface area (TPSA) is 55.2 Å². The van der Waals surface area contributed by atoms with E-state index in [1.807, 2.05) is 0 Å². The lowest BCUT2D eigenvalue weighted by Crippen LogP contribution is -2.30. The minimum Gasteiger partial charge on any atom is -0.241 e. The number of imidazole rings is 1. The van der Waals surface area contributed by atoms with Crippen LogP contribution in [0.4, 0.5) is 0 Å². The summed E-state index contributed by atoms with van der Waals surface area (Å²) in [6.07, 6.45) is 10.1. The van der Waals surface area contributed by atoms with Gasteiger partial charge in [-0.05, 0) is 5.92 Å². The van der Waals surface area contributed by atoms with Crippen molar-refractivity contribution in [3.63, 3.8) is 0 Å². The van der Waals surface area contributed by atoms with Gasteiger partial charge in [0.25, 0.3) is 0 Å². The lowest BCUT2D eigenvalue weighted by atomic mass is 9.87. The SMILES string of the molecule is CN(C)S(=O)(=O)n1ccnc1CC1CCCCC1. The van der Waals surface area contributed by atoms with Crippen LogP contribution in [0.15, 0.2) is 12.4 Å². The summed E-state index contributed by atoms with van der Waals surface area (Å²) in [7, 11) is -0.345. The molecule has 2 rings (SSSR count). The van der Waals surface area contributed by atoms with Gasteiger partial charge in [-0.15, -0.1) is 0 Å². The second-order valence-corrected chi connectivity index (χ2v) is 7.16. The Morgan fingerprint density at radius 2 is 2.00 bits per heavy atom. The molecule has 102 valence electrons. The maximum Gasteiger partial charge on any atom is 0.308 e. The fourth-order valence-electron chi connectivity index (χ4n) is 2.50. The van der Waals surface area contributed by atoms with Gasteiger partial charge in [-0.3, -0.25) is 0 Å². The van der Waals surface area contributed by atoms with E-state index >= 15 is 0 Å². The Morgan fingerprint density at radius 1 is 1.33 bits per heavy atom. The normalized spacial score (nSPS) is 18.4. The number of nitrogens with zero attached hydrogens (tertiary/aromatic N) is 3. The van der Waals surface area contributed by atoms with Gasteiger partial charge in [0.2, 0.25) is 0 Å². The third kappa shape index (κ3) is 2.75. The number of aromatic nitrogens is 2. The van der Waals surface area contributed by atoms with Crippen LogP contribution in [0.2, 0.25) is 0 Å². The molecule has 0 N–H and O–H groups in total. The monoisotopic (exact) mass is 271 g/mol. The molecular weight excluding hydrogens is 250 g/mol. The zero-order valence-corrected chi connectivity index (χ0v) is 11.9. The van der Waals surface area contributed by atoms with Crippen LogP contribution in [0.3, 0.4) is 0 Å². The first-order valence-electron chi connectivity index (χ1n) is 6.47. The summed E-state index contributed by atoms with van der Waals surface area (Å²) in [5.41, 5.74) is 0. The van der Waals surface area contributed by atoms with Crippen molar-refractivity contribution in [2.45, 2.75) is 38.5 Å². The Bertz CT molecular complexity index is 487. The number of hydrogen-bond acceptors (Lipinski definition) is 3. The molecule has 6 heteroatoms. The van der Waals surface area contributed by atoms with E-state index in [9.17, 15) is 8.42 Å². The molecule has 1 fully saturated rings. The predicted molar refractivity (Wildman–Crippen MR) is 70.5 cm³/mol. The summed E-state index contributed by atoms with van der Waals surface area (Å²) in [6, 6.07) is 0. The molecule has 1 aliphatic carbocycles. The minimum atomic E-state index is -3.43. The summed E-state index contributed by atoms with van der Waals surface area (Å²) >= 11 is 0. The van der Waals surface area contributed by atoms with Gasteiger partial charge in [-0.2, -0.15) is 12.7 Å². The van der Waals surface area contributed by atoms with Crippen molar-refractivity contribution in [1.82, 2.24) is 13.3 Å². The molecule has 0 unspecified atom stereocenters. The molecule has 1 aliphatic rings. The van der Waals surface area contributed by atoms with Crippen molar-refractivity contribution in [2.75, 3.05) is 14.1 Å². The average molecular weight is 271 g/mol.